The zero-order valence-corrected chi connectivity index (χ0v) is 11.2. The average molecular weight is 299 g/mol. The smallest absolute Gasteiger partial charge is 0.153 e. The maximum Gasteiger partial charge on any atom is 0.153 e. The van der Waals surface area contributed by atoms with Gasteiger partial charge in [-0.1, -0.05) is 6.92 Å². The summed E-state index contributed by atoms with van der Waals surface area (Å²) in [6, 6.07) is 1.97. The second-order valence-electron chi connectivity index (χ2n) is 3.41. The zero-order chi connectivity index (χ0) is 11.5. The molecule has 0 aliphatic carbocycles. The average Bonchev–Trinajstić information content (AvgIpc) is 2.84. The summed E-state index contributed by atoms with van der Waals surface area (Å²) in [6.07, 6.45) is 3.67. The lowest BCUT2D eigenvalue weighted by Crippen LogP contribution is -1.96. The summed E-state index contributed by atoms with van der Waals surface area (Å²) in [5.41, 5.74) is 1.42. The van der Waals surface area contributed by atoms with Crippen LogP contribution in [0.4, 0.5) is 0 Å². The summed E-state index contributed by atoms with van der Waals surface area (Å²) in [6.45, 7) is 2.92. The second kappa shape index (κ2) is 4.93. The fraction of sp³-hybridized carbons (Fsp3) is 0.273. The van der Waals surface area contributed by atoms with Gasteiger partial charge in [-0.25, -0.2) is 0 Å². The third-order valence-corrected chi connectivity index (χ3v) is 4.05. The largest absolute Gasteiger partial charge is 0.298 e. The first-order valence-electron chi connectivity index (χ1n) is 5.02. The Kier molecular flexibility index (Phi) is 3.56. The number of carbonyl (C=O) groups excluding carboxylic acids is 1. The van der Waals surface area contributed by atoms with Crippen LogP contribution in [0.15, 0.2) is 22.1 Å². The highest BCUT2D eigenvalue weighted by atomic mass is 79.9. The number of carbonyl (C=O) groups is 1. The third-order valence-electron chi connectivity index (χ3n) is 2.20. The fourth-order valence-electron chi connectivity index (χ4n) is 1.51. The molecule has 0 spiro atoms. The number of aldehydes is 1. The first-order valence-corrected chi connectivity index (χ1v) is 6.69. The predicted octanol–water partition coefficient (Wildman–Crippen LogP) is 3.60. The zero-order valence-electron chi connectivity index (χ0n) is 8.81. The summed E-state index contributed by atoms with van der Waals surface area (Å²) < 4.78 is 2.81. The Labute approximate surface area is 106 Å². The van der Waals surface area contributed by atoms with E-state index in [-0.39, 0.29) is 0 Å². The van der Waals surface area contributed by atoms with Crippen LogP contribution in [0.3, 0.4) is 0 Å². The van der Waals surface area contributed by atoms with Gasteiger partial charge in [-0.15, -0.1) is 11.3 Å². The van der Waals surface area contributed by atoms with Crippen LogP contribution in [-0.4, -0.2) is 16.1 Å². The minimum Gasteiger partial charge on any atom is -0.298 e. The molecule has 0 aromatic carbocycles. The number of hydrogen-bond donors (Lipinski definition) is 0. The molecular weight excluding hydrogens is 288 g/mol. The van der Waals surface area contributed by atoms with Gasteiger partial charge in [-0.2, -0.15) is 5.10 Å². The van der Waals surface area contributed by atoms with Crippen LogP contribution in [-0.2, 0) is 6.54 Å². The van der Waals surface area contributed by atoms with Gasteiger partial charge in [0.1, 0.15) is 5.69 Å². The fourth-order valence-corrected chi connectivity index (χ4v) is 3.07. The highest BCUT2D eigenvalue weighted by Gasteiger charge is 2.14. The highest BCUT2D eigenvalue weighted by Crippen LogP contribution is 2.33. The summed E-state index contributed by atoms with van der Waals surface area (Å²) in [4.78, 5) is 12.0. The quantitative estimate of drug-likeness (QED) is 0.809. The van der Waals surface area contributed by atoms with Crippen molar-refractivity contribution in [3.05, 3.63) is 27.7 Å². The van der Waals surface area contributed by atoms with Crippen LogP contribution in [0, 0.1) is 0 Å². The van der Waals surface area contributed by atoms with E-state index in [1.54, 1.807) is 17.5 Å². The molecular formula is C11H11BrN2OS. The molecule has 0 fully saturated rings. The molecule has 0 amide bonds. The molecule has 16 heavy (non-hydrogen) atoms. The lowest BCUT2D eigenvalue weighted by Gasteiger charge is -1.96. The van der Waals surface area contributed by atoms with Gasteiger partial charge in [-0.3, -0.25) is 9.48 Å². The molecule has 0 unspecified atom stereocenters. The molecule has 0 atom stereocenters. The number of aryl methyl sites for hydroxylation is 1. The van der Waals surface area contributed by atoms with Crippen LogP contribution < -0.4 is 0 Å². The number of nitrogens with zero attached hydrogens (tertiary/aromatic N) is 2. The molecule has 2 rings (SSSR count). The molecule has 0 bridgehead atoms. The predicted molar refractivity (Wildman–Crippen MR) is 68.9 cm³/mol. The minimum absolute atomic E-state index is 0.650. The van der Waals surface area contributed by atoms with Gasteiger partial charge >= 0.3 is 0 Å². The normalized spacial score (nSPS) is 10.6. The van der Waals surface area contributed by atoms with Crippen LogP contribution >= 0.6 is 27.3 Å². The Morgan fingerprint density at radius 3 is 3.00 bits per heavy atom. The van der Waals surface area contributed by atoms with Gasteiger partial charge in [0.2, 0.25) is 0 Å². The summed E-state index contributed by atoms with van der Waals surface area (Å²) in [7, 11) is 0. The molecule has 3 nitrogen and oxygen atoms in total. The first kappa shape index (κ1) is 11.5. The van der Waals surface area contributed by atoms with E-state index in [0.717, 1.165) is 34.3 Å². The van der Waals surface area contributed by atoms with E-state index >= 15 is 0 Å². The summed E-state index contributed by atoms with van der Waals surface area (Å²) in [5, 5.41) is 6.42. The molecule has 5 heteroatoms. The Morgan fingerprint density at radius 1 is 1.62 bits per heavy atom. The van der Waals surface area contributed by atoms with E-state index in [2.05, 4.69) is 28.0 Å². The molecule has 0 radical (unpaired) electrons. The maximum atomic E-state index is 11.0. The van der Waals surface area contributed by atoms with Crippen LogP contribution in [0.5, 0.6) is 0 Å². The molecule has 0 N–H and O–H groups in total. The van der Waals surface area contributed by atoms with E-state index in [9.17, 15) is 4.79 Å². The Morgan fingerprint density at radius 2 is 2.44 bits per heavy atom. The first-order chi connectivity index (χ1) is 7.76. The Hall–Kier alpha value is -0.940. The van der Waals surface area contributed by atoms with Crippen molar-refractivity contribution >= 4 is 33.6 Å². The van der Waals surface area contributed by atoms with E-state index in [1.165, 1.54) is 0 Å². The van der Waals surface area contributed by atoms with Crippen molar-refractivity contribution in [1.82, 2.24) is 9.78 Å². The monoisotopic (exact) mass is 298 g/mol. The molecule has 84 valence electrons. The van der Waals surface area contributed by atoms with Gasteiger partial charge in [0, 0.05) is 17.2 Å². The van der Waals surface area contributed by atoms with Gasteiger partial charge in [0.25, 0.3) is 0 Å². The van der Waals surface area contributed by atoms with Gasteiger partial charge < -0.3 is 0 Å². The standard InChI is InChI=1S/C11H11BrN2OS/c1-2-4-14-6-8(7-15)10(13-14)11-9(12)3-5-16-11/h3,5-7H,2,4H2,1H3. The third kappa shape index (κ3) is 2.10. The molecule has 2 aromatic heterocycles. The van der Waals surface area contributed by atoms with Crippen LogP contribution in [0.25, 0.3) is 10.6 Å². The lowest BCUT2D eigenvalue weighted by molar-refractivity contribution is 0.112. The SMILES string of the molecule is CCCn1cc(C=O)c(-c2sccc2Br)n1. The number of hydrogen-bond acceptors (Lipinski definition) is 3. The van der Waals surface area contributed by atoms with Crippen molar-refractivity contribution in [3.8, 4) is 10.6 Å². The highest BCUT2D eigenvalue weighted by molar-refractivity contribution is 9.10. The molecule has 0 aliphatic heterocycles. The number of thiophene rings is 1. The number of halogens is 1. The Bertz CT molecular complexity index is 504. The maximum absolute atomic E-state index is 11.0. The van der Waals surface area contributed by atoms with Crippen LogP contribution in [0.1, 0.15) is 23.7 Å². The van der Waals surface area contributed by atoms with E-state index in [1.807, 2.05) is 16.1 Å². The number of rotatable bonds is 4. The van der Waals surface area contributed by atoms with Crippen molar-refractivity contribution < 1.29 is 4.79 Å². The van der Waals surface area contributed by atoms with Crippen molar-refractivity contribution in [3.63, 3.8) is 0 Å². The lowest BCUT2D eigenvalue weighted by atomic mass is 10.2. The Balaban J connectivity index is 2.47. The summed E-state index contributed by atoms with van der Waals surface area (Å²) >= 11 is 5.04. The molecule has 0 saturated heterocycles. The van der Waals surface area contributed by atoms with Gasteiger partial charge in [0.15, 0.2) is 6.29 Å². The molecule has 2 heterocycles. The van der Waals surface area contributed by atoms with Gasteiger partial charge in [0.05, 0.1) is 10.4 Å². The minimum atomic E-state index is 0.650. The van der Waals surface area contributed by atoms with E-state index in [4.69, 9.17) is 0 Å². The molecule has 0 aliphatic rings. The van der Waals surface area contributed by atoms with E-state index in [0.29, 0.717) is 5.56 Å². The van der Waals surface area contributed by atoms with Crippen molar-refractivity contribution in [1.29, 1.82) is 0 Å². The van der Waals surface area contributed by atoms with Crippen molar-refractivity contribution in [2.45, 2.75) is 19.9 Å². The second-order valence-corrected chi connectivity index (χ2v) is 5.18. The topological polar surface area (TPSA) is 34.9 Å². The van der Waals surface area contributed by atoms with Crippen molar-refractivity contribution in [2.75, 3.05) is 0 Å². The van der Waals surface area contributed by atoms with E-state index < -0.39 is 0 Å². The molecule has 0 saturated carbocycles. The summed E-state index contributed by atoms with van der Waals surface area (Å²) in [5.74, 6) is 0. The number of aromatic nitrogens is 2. The van der Waals surface area contributed by atoms with Gasteiger partial charge in [-0.05, 0) is 33.8 Å². The molecule has 2 aromatic rings. The van der Waals surface area contributed by atoms with Crippen molar-refractivity contribution in [2.24, 2.45) is 0 Å². The van der Waals surface area contributed by atoms with Crippen LogP contribution in [0.2, 0.25) is 0 Å².